The summed E-state index contributed by atoms with van der Waals surface area (Å²) < 4.78 is 0. The first-order chi connectivity index (χ1) is 13.1. The van der Waals surface area contributed by atoms with Crippen LogP contribution in [0.3, 0.4) is 0 Å². The third-order valence-electron chi connectivity index (χ3n) is 4.49. The van der Waals surface area contributed by atoms with Crippen LogP contribution < -0.4 is 10.3 Å². The monoisotopic (exact) mass is 362 g/mol. The number of benzene rings is 2. The van der Waals surface area contributed by atoms with Crippen LogP contribution in [-0.4, -0.2) is 25.2 Å². The Balaban J connectivity index is 2.01. The first-order valence-electron chi connectivity index (χ1n) is 9.23. The molecule has 0 bridgehead atoms. The van der Waals surface area contributed by atoms with Gasteiger partial charge in [-0.25, -0.2) is 5.43 Å². The number of carbonyl (C=O) groups is 1. The molecule has 0 aliphatic rings. The van der Waals surface area contributed by atoms with Crippen LogP contribution in [0.2, 0.25) is 0 Å². The first-order valence-corrected chi connectivity index (χ1v) is 9.23. The number of nitrogens with zero attached hydrogens (tertiary/aromatic N) is 3. The predicted octanol–water partition coefficient (Wildman–Crippen LogP) is 4.06. The van der Waals surface area contributed by atoms with Gasteiger partial charge in [0.05, 0.1) is 18.7 Å². The number of aryl methyl sites for hydroxylation is 2. The van der Waals surface area contributed by atoms with Crippen LogP contribution in [0.1, 0.15) is 47.3 Å². The van der Waals surface area contributed by atoms with Gasteiger partial charge in [-0.05, 0) is 61.2 Å². The zero-order chi connectivity index (χ0) is 19.6. The molecule has 1 amide bonds. The number of hydrogen-bond acceptors (Lipinski definition) is 4. The van der Waals surface area contributed by atoms with E-state index in [-0.39, 0.29) is 5.91 Å². The zero-order valence-corrected chi connectivity index (χ0v) is 16.2. The lowest BCUT2D eigenvalue weighted by Gasteiger charge is -2.22. The predicted molar refractivity (Wildman–Crippen MR) is 110 cm³/mol. The van der Waals surface area contributed by atoms with Crippen molar-refractivity contribution in [3.05, 3.63) is 64.7 Å². The molecule has 27 heavy (non-hydrogen) atoms. The van der Waals surface area contributed by atoms with E-state index in [0.29, 0.717) is 18.5 Å². The Kier molecular flexibility index (Phi) is 7.57. The molecule has 0 unspecified atom stereocenters. The van der Waals surface area contributed by atoms with Crippen LogP contribution in [-0.2, 0) is 6.42 Å². The molecule has 0 saturated heterocycles. The molecule has 0 heterocycles. The first kappa shape index (κ1) is 20.2. The smallest absolute Gasteiger partial charge is 0.271 e. The van der Waals surface area contributed by atoms with Gasteiger partial charge in [0.2, 0.25) is 0 Å². The maximum absolute atomic E-state index is 12.1. The van der Waals surface area contributed by atoms with Gasteiger partial charge >= 0.3 is 0 Å². The largest absolute Gasteiger partial charge is 0.371 e. The van der Waals surface area contributed by atoms with Crippen molar-refractivity contribution in [1.29, 1.82) is 5.26 Å². The minimum Gasteiger partial charge on any atom is -0.371 e. The molecular weight excluding hydrogens is 336 g/mol. The third kappa shape index (κ3) is 5.68. The van der Waals surface area contributed by atoms with Gasteiger partial charge < -0.3 is 4.90 Å². The molecular formula is C22H26N4O. The Morgan fingerprint density at radius 2 is 1.96 bits per heavy atom. The van der Waals surface area contributed by atoms with E-state index in [0.717, 1.165) is 29.8 Å². The second kappa shape index (κ2) is 10.1. The fourth-order valence-electron chi connectivity index (χ4n) is 2.77. The summed E-state index contributed by atoms with van der Waals surface area (Å²) in [7, 11) is 0. The Bertz CT molecular complexity index is 834. The molecule has 2 aromatic carbocycles. The molecule has 0 atom stereocenters. The fraction of sp³-hybridized carbons (Fsp3) is 0.318. The van der Waals surface area contributed by atoms with E-state index in [1.807, 2.05) is 43.3 Å². The Hall–Kier alpha value is -3.13. The molecule has 0 spiro atoms. The molecule has 0 radical (unpaired) electrons. The number of hydrazone groups is 1. The highest BCUT2D eigenvalue weighted by molar-refractivity contribution is 5.95. The molecule has 140 valence electrons. The average Bonchev–Trinajstić information content (AvgIpc) is 2.70. The normalized spacial score (nSPS) is 10.6. The second-order valence-corrected chi connectivity index (χ2v) is 6.28. The summed E-state index contributed by atoms with van der Waals surface area (Å²) in [5.41, 5.74) is 7.45. The SMILES string of the molecule is CCc1ccc(C(=O)N/N=C\c2ccc(N(CC)CCC#N)cc2C)cc1. The number of carbonyl (C=O) groups excluding carboxylic acids is 1. The summed E-state index contributed by atoms with van der Waals surface area (Å²) in [5.74, 6) is -0.225. The van der Waals surface area contributed by atoms with Crippen LogP contribution in [0.25, 0.3) is 0 Å². The van der Waals surface area contributed by atoms with E-state index in [1.165, 1.54) is 5.56 Å². The van der Waals surface area contributed by atoms with Crippen molar-refractivity contribution < 1.29 is 4.79 Å². The van der Waals surface area contributed by atoms with Gasteiger partial charge in [-0.3, -0.25) is 4.79 Å². The van der Waals surface area contributed by atoms with Crippen molar-refractivity contribution in [3.8, 4) is 6.07 Å². The minimum atomic E-state index is -0.225. The van der Waals surface area contributed by atoms with Gasteiger partial charge in [-0.15, -0.1) is 0 Å². The van der Waals surface area contributed by atoms with Crippen molar-refractivity contribution in [3.63, 3.8) is 0 Å². The lowest BCUT2D eigenvalue weighted by atomic mass is 10.1. The summed E-state index contributed by atoms with van der Waals surface area (Å²) in [6, 6.07) is 15.8. The molecule has 2 aromatic rings. The highest BCUT2D eigenvalue weighted by Gasteiger charge is 2.06. The van der Waals surface area contributed by atoms with Crippen molar-refractivity contribution in [1.82, 2.24) is 5.43 Å². The standard InChI is InChI=1S/C22H26N4O/c1-4-18-7-9-19(10-8-18)22(27)25-24-16-20-11-12-21(15-17(20)3)26(5-2)14-6-13-23/h7-12,15-16H,4-6,14H2,1-3H3,(H,25,27)/b24-16-. The quantitative estimate of drug-likeness (QED) is 0.569. The fourth-order valence-corrected chi connectivity index (χ4v) is 2.77. The number of nitrogens with one attached hydrogen (secondary N) is 1. The van der Waals surface area contributed by atoms with Crippen molar-refractivity contribution in [2.75, 3.05) is 18.0 Å². The average molecular weight is 362 g/mol. The van der Waals surface area contributed by atoms with Gasteiger partial charge in [-0.2, -0.15) is 10.4 Å². The van der Waals surface area contributed by atoms with E-state index in [1.54, 1.807) is 6.21 Å². The molecule has 0 saturated carbocycles. The lowest BCUT2D eigenvalue weighted by Crippen LogP contribution is -2.23. The topological polar surface area (TPSA) is 68.5 Å². The van der Waals surface area contributed by atoms with E-state index in [9.17, 15) is 4.79 Å². The molecule has 2 rings (SSSR count). The van der Waals surface area contributed by atoms with Crippen LogP contribution in [0.15, 0.2) is 47.6 Å². The van der Waals surface area contributed by atoms with E-state index in [2.05, 4.69) is 41.4 Å². The number of amides is 1. The third-order valence-corrected chi connectivity index (χ3v) is 4.49. The molecule has 1 N–H and O–H groups in total. The summed E-state index contributed by atoms with van der Waals surface area (Å²) >= 11 is 0. The molecule has 5 heteroatoms. The number of rotatable bonds is 8. The second-order valence-electron chi connectivity index (χ2n) is 6.28. The van der Waals surface area contributed by atoms with Crippen molar-refractivity contribution in [2.24, 2.45) is 5.10 Å². The highest BCUT2D eigenvalue weighted by Crippen LogP contribution is 2.18. The summed E-state index contributed by atoms with van der Waals surface area (Å²) in [6.07, 6.45) is 3.10. The Morgan fingerprint density at radius 3 is 2.56 bits per heavy atom. The minimum absolute atomic E-state index is 0.225. The van der Waals surface area contributed by atoms with Crippen molar-refractivity contribution in [2.45, 2.75) is 33.6 Å². The summed E-state index contributed by atoms with van der Waals surface area (Å²) in [5, 5.41) is 12.9. The van der Waals surface area contributed by atoms with Gasteiger partial charge in [0.1, 0.15) is 0 Å². The Morgan fingerprint density at radius 1 is 1.22 bits per heavy atom. The van der Waals surface area contributed by atoms with E-state index < -0.39 is 0 Å². The molecule has 0 aliphatic heterocycles. The van der Waals surface area contributed by atoms with Crippen LogP contribution in [0.4, 0.5) is 5.69 Å². The molecule has 0 aliphatic carbocycles. The molecule has 0 fully saturated rings. The maximum Gasteiger partial charge on any atom is 0.271 e. The van der Waals surface area contributed by atoms with Crippen LogP contribution in [0.5, 0.6) is 0 Å². The number of anilines is 1. The van der Waals surface area contributed by atoms with Gasteiger partial charge in [0, 0.05) is 24.3 Å². The lowest BCUT2D eigenvalue weighted by molar-refractivity contribution is 0.0955. The van der Waals surface area contributed by atoms with Crippen LogP contribution in [0, 0.1) is 18.3 Å². The summed E-state index contributed by atoms with van der Waals surface area (Å²) in [6.45, 7) is 7.73. The van der Waals surface area contributed by atoms with E-state index in [4.69, 9.17) is 5.26 Å². The highest BCUT2D eigenvalue weighted by atomic mass is 16.2. The van der Waals surface area contributed by atoms with E-state index >= 15 is 0 Å². The number of hydrogen-bond donors (Lipinski definition) is 1. The van der Waals surface area contributed by atoms with Gasteiger partial charge in [0.25, 0.3) is 5.91 Å². The van der Waals surface area contributed by atoms with Gasteiger partial charge in [0.15, 0.2) is 0 Å². The maximum atomic E-state index is 12.1. The molecule has 0 aromatic heterocycles. The molecule has 5 nitrogen and oxygen atoms in total. The Labute approximate surface area is 161 Å². The van der Waals surface area contributed by atoms with Crippen molar-refractivity contribution >= 4 is 17.8 Å². The van der Waals surface area contributed by atoms with Gasteiger partial charge in [-0.1, -0.05) is 25.1 Å². The summed E-state index contributed by atoms with van der Waals surface area (Å²) in [4.78, 5) is 14.3. The number of nitriles is 1. The zero-order valence-electron chi connectivity index (χ0n) is 16.2. The van der Waals surface area contributed by atoms with Crippen LogP contribution >= 0.6 is 0 Å².